The summed E-state index contributed by atoms with van der Waals surface area (Å²) in [5.74, 6) is 0.559. The Morgan fingerprint density at radius 1 is 1.30 bits per heavy atom. The highest BCUT2D eigenvalue weighted by molar-refractivity contribution is 5.78. The number of benzene rings is 1. The summed E-state index contributed by atoms with van der Waals surface area (Å²) in [6.45, 7) is 3.84. The SMILES string of the molecule is CC(C)C(=O)NC(N)CCC(O)COc1ccccc1. The molecule has 0 saturated heterocycles. The number of rotatable bonds is 8. The van der Waals surface area contributed by atoms with Crippen LogP contribution in [0, 0.1) is 5.92 Å². The number of carbonyl (C=O) groups is 1. The van der Waals surface area contributed by atoms with Gasteiger partial charge in [-0.05, 0) is 25.0 Å². The van der Waals surface area contributed by atoms with Crippen molar-refractivity contribution in [1.82, 2.24) is 5.32 Å². The van der Waals surface area contributed by atoms with Crippen molar-refractivity contribution in [3.05, 3.63) is 30.3 Å². The van der Waals surface area contributed by atoms with E-state index in [9.17, 15) is 9.90 Å². The zero-order chi connectivity index (χ0) is 15.0. The summed E-state index contributed by atoms with van der Waals surface area (Å²) in [5.41, 5.74) is 5.78. The zero-order valence-electron chi connectivity index (χ0n) is 12.1. The molecule has 0 aliphatic rings. The molecule has 5 nitrogen and oxygen atoms in total. The van der Waals surface area contributed by atoms with Crippen molar-refractivity contribution in [2.45, 2.75) is 39.0 Å². The van der Waals surface area contributed by atoms with Crippen LogP contribution in [-0.2, 0) is 4.79 Å². The summed E-state index contributed by atoms with van der Waals surface area (Å²) in [6, 6.07) is 9.32. The number of hydrogen-bond acceptors (Lipinski definition) is 4. The van der Waals surface area contributed by atoms with Gasteiger partial charge < -0.3 is 20.9 Å². The van der Waals surface area contributed by atoms with Crippen molar-refractivity contribution >= 4 is 5.91 Å². The first-order valence-electron chi connectivity index (χ1n) is 6.91. The van der Waals surface area contributed by atoms with Crippen LogP contribution in [0.15, 0.2) is 30.3 Å². The molecule has 0 saturated carbocycles. The molecule has 0 aliphatic heterocycles. The van der Waals surface area contributed by atoms with Crippen molar-refractivity contribution < 1.29 is 14.6 Å². The number of carbonyl (C=O) groups excluding carboxylic acids is 1. The smallest absolute Gasteiger partial charge is 0.223 e. The first-order chi connectivity index (χ1) is 9.49. The molecule has 0 aromatic heterocycles. The van der Waals surface area contributed by atoms with Gasteiger partial charge in [0.05, 0.1) is 12.3 Å². The Morgan fingerprint density at radius 3 is 2.55 bits per heavy atom. The second kappa shape index (κ2) is 8.55. The molecule has 0 heterocycles. The van der Waals surface area contributed by atoms with Crippen LogP contribution < -0.4 is 15.8 Å². The highest BCUT2D eigenvalue weighted by atomic mass is 16.5. The van der Waals surface area contributed by atoms with Gasteiger partial charge in [0.25, 0.3) is 0 Å². The van der Waals surface area contributed by atoms with Crippen LogP contribution in [0.5, 0.6) is 5.75 Å². The summed E-state index contributed by atoms with van der Waals surface area (Å²) in [4.78, 5) is 11.4. The lowest BCUT2D eigenvalue weighted by atomic mass is 10.1. The third-order valence-electron chi connectivity index (χ3n) is 2.85. The molecular weight excluding hydrogens is 256 g/mol. The minimum Gasteiger partial charge on any atom is -0.491 e. The molecule has 20 heavy (non-hydrogen) atoms. The van der Waals surface area contributed by atoms with E-state index in [1.807, 2.05) is 44.2 Å². The van der Waals surface area contributed by atoms with E-state index in [-0.39, 0.29) is 18.4 Å². The van der Waals surface area contributed by atoms with E-state index in [4.69, 9.17) is 10.5 Å². The third kappa shape index (κ3) is 6.54. The Morgan fingerprint density at radius 2 is 1.95 bits per heavy atom. The van der Waals surface area contributed by atoms with E-state index >= 15 is 0 Å². The van der Waals surface area contributed by atoms with E-state index in [2.05, 4.69) is 5.32 Å². The lowest BCUT2D eigenvalue weighted by Crippen LogP contribution is -2.43. The molecule has 4 N–H and O–H groups in total. The average Bonchev–Trinajstić information content (AvgIpc) is 2.43. The van der Waals surface area contributed by atoms with Gasteiger partial charge in [0, 0.05) is 5.92 Å². The summed E-state index contributed by atoms with van der Waals surface area (Å²) < 4.78 is 5.44. The predicted molar refractivity (Wildman–Crippen MR) is 78.1 cm³/mol. The molecule has 2 unspecified atom stereocenters. The minimum atomic E-state index is -0.600. The van der Waals surface area contributed by atoms with Crippen molar-refractivity contribution in [3.63, 3.8) is 0 Å². The van der Waals surface area contributed by atoms with Gasteiger partial charge in [-0.25, -0.2) is 0 Å². The van der Waals surface area contributed by atoms with Crippen LogP contribution in [-0.4, -0.2) is 29.9 Å². The molecular formula is C15H24N2O3. The van der Waals surface area contributed by atoms with Gasteiger partial charge in [-0.1, -0.05) is 32.0 Å². The molecule has 0 bridgehead atoms. The number of para-hydroxylation sites is 1. The van der Waals surface area contributed by atoms with Gasteiger partial charge in [-0.2, -0.15) is 0 Å². The van der Waals surface area contributed by atoms with Gasteiger partial charge in [0.2, 0.25) is 5.91 Å². The van der Waals surface area contributed by atoms with Gasteiger partial charge in [0.1, 0.15) is 12.4 Å². The third-order valence-corrected chi connectivity index (χ3v) is 2.85. The van der Waals surface area contributed by atoms with Crippen molar-refractivity contribution in [2.75, 3.05) is 6.61 Å². The second-order valence-corrected chi connectivity index (χ2v) is 5.13. The van der Waals surface area contributed by atoms with E-state index in [0.29, 0.717) is 12.8 Å². The lowest BCUT2D eigenvalue weighted by Gasteiger charge is -2.18. The maximum absolute atomic E-state index is 11.4. The molecule has 2 atom stereocenters. The molecule has 1 aromatic rings. The summed E-state index contributed by atoms with van der Waals surface area (Å²) in [7, 11) is 0. The topological polar surface area (TPSA) is 84.6 Å². The van der Waals surface area contributed by atoms with Crippen molar-refractivity contribution in [1.29, 1.82) is 0 Å². The van der Waals surface area contributed by atoms with E-state index in [0.717, 1.165) is 5.75 Å². The lowest BCUT2D eigenvalue weighted by molar-refractivity contribution is -0.124. The molecule has 0 aliphatic carbocycles. The summed E-state index contributed by atoms with van der Waals surface area (Å²) in [6.07, 6.45) is -0.0436. The van der Waals surface area contributed by atoms with Crippen LogP contribution in [0.25, 0.3) is 0 Å². The van der Waals surface area contributed by atoms with Crippen molar-refractivity contribution in [3.8, 4) is 5.75 Å². The number of nitrogens with two attached hydrogens (primary N) is 1. The van der Waals surface area contributed by atoms with Gasteiger partial charge in [-0.3, -0.25) is 4.79 Å². The van der Waals surface area contributed by atoms with E-state index < -0.39 is 12.3 Å². The second-order valence-electron chi connectivity index (χ2n) is 5.13. The molecule has 1 amide bonds. The number of aliphatic hydroxyl groups excluding tert-OH is 1. The summed E-state index contributed by atoms with van der Waals surface area (Å²) in [5, 5.41) is 12.5. The van der Waals surface area contributed by atoms with Crippen LogP contribution in [0.3, 0.4) is 0 Å². The quantitative estimate of drug-likeness (QED) is 0.626. The number of aliphatic hydroxyl groups is 1. The molecule has 1 rings (SSSR count). The summed E-state index contributed by atoms with van der Waals surface area (Å²) >= 11 is 0. The van der Waals surface area contributed by atoms with Crippen LogP contribution in [0.2, 0.25) is 0 Å². The largest absolute Gasteiger partial charge is 0.491 e. The fourth-order valence-electron chi connectivity index (χ4n) is 1.59. The Kier molecular flexibility index (Phi) is 7.04. The molecule has 5 heteroatoms. The van der Waals surface area contributed by atoms with Crippen molar-refractivity contribution in [2.24, 2.45) is 11.7 Å². The Hall–Kier alpha value is -1.59. The fourth-order valence-corrected chi connectivity index (χ4v) is 1.59. The average molecular weight is 280 g/mol. The van der Waals surface area contributed by atoms with E-state index in [1.165, 1.54) is 0 Å². The zero-order valence-corrected chi connectivity index (χ0v) is 12.1. The number of amides is 1. The Labute approximate surface area is 120 Å². The van der Waals surface area contributed by atoms with Crippen LogP contribution in [0.1, 0.15) is 26.7 Å². The fraction of sp³-hybridized carbons (Fsp3) is 0.533. The standard InChI is InChI=1S/C15H24N2O3/c1-11(2)15(19)17-14(16)9-8-12(18)10-20-13-6-4-3-5-7-13/h3-7,11-12,14,18H,8-10,16H2,1-2H3,(H,17,19). The van der Waals surface area contributed by atoms with Gasteiger partial charge in [0.15, 0.2) is 0 Å². The first kappa shape index (κ1) is 16.5. The molecule has 0 fully saturated rings. The predicted octanol–water partition coefficient (Wildman–Crippen LogP) is 1.26. The van der Waals surface area contributed by atoms with Crippen LogP contribution >= 0.6 is 0 Å². The monoisotopic (exact) mass is 280 g/mol. The highest BCUT2D eigenvalue weighted by Gasteiger charge is 2.13. The van der Waals surface area contributed by atoms with Gasteiger partial charge in [-0.15, -0.1) is 0 Å². The van der Waals surface area contributed by atoms with E-state index in [1.54, 1.807) is 0 Å². The molecule has 1 aromatic carbocycles. The molecule has 0 spiro atoms. The molecule has 0 radical (unpaired) electrons. The maximum atomic E-state index is 11.4. The highest BCUT2D eigenvalue weighted by Crippen LogP contribution is 2.09. The van der Waals surface area contributed by atoms with Crippen LogP contribution in [0.4, 0.5) is 0 Å². The minimum absolute atomic E-state index is 0.0764. The molecule has 112 valence electrons. The number of hydrogen-bond donors (Lipinski definition) is 3. The van der Waals surface area contributed by atoms with Gasteiger partial charge >= 0.3 is 0 Å². The number of nitrogens with one attached hydrogen (secondary N) is 1. The Balaban J connectivity index is 2.19. The Bertz CT molecular complexity index is 395. The number of ether oxygens (including phenoxy) is 1. The normalized spacial score (nSPS) is 13.8. The maximum Gasteiger partial charge on any atom is 0.223 e. The first-order valence-corrected chi connectivity index (χ1v) is 6.91.